The van der Waals surface area contributed by atoms with E-state index in [0.29, 0.717) is 18.2 Å². The number of carbonyl (C=O) groups is 3. The Balaban J connectivity index is 1.56. The van der Waals surface area contributed by atoms with Gasteiger partial charge < -0.3 is 26.0 Å². The Morgan fingerprint density at radius 3 is 2.51 bits per heavy atom. The molecule has 2 amide bonds. The van der Waals surface area contributed by atoms with E-state index in [0.717, 1.165) is 24.8 Å². The van der Waals surface area contributed by atoms with Crippen molar-refractivity contribution in [2.45, 2.75) is 61.5 Å². The van der Waals surface area contributed by atoms with Crippen LogP contribution in [0.3, 0.4) is 0 Å². The number of aliphatic carboxylic acids is 1. The van der Waals surface area contributed by atoms with E-state index in [2.05, 4.69) is 10.0 Å². The number of nitrogens with two attached hydrogens (primary N) is 1. The van der Waals surface area contributed by atoms with Crippen molar-refractivity contribution in [2.75, 3.05) is 26.7 Å². The third kappa shape index (κ3) is 7.80. The van der Waals surface area contributed by atoms with Gasteiger partial charge in [-0.3, -0.25) is 19.8 Å². The van der Waals surface area contributed by atoms with Crippen LogP contribution in [0, 0.1) is 11.3 Å². The molecule has 2 fully saturated rings. The van der Waals surface area contributed by atoms with Crippen molar-refractivity contribution in [1.29, 1.82) is 5.41 Å². The van der Waals surface area contributed by atoms with E-state index in [1.807, 2.05) is 12.1 Å². The Morgan fingerprint density at radius 2 is 1.85 bits per heavy atom. The van der Waals surface area contributed by atoms with Gasteiger partial charge in [0.2, 0.25) is 21.8 Å². The van der Waals surface area contributed by atoms with Gasteiger partial charge in [0.25, 0.3) is 0 Å². The van der Waals surface area contributed by atoms with Crippen LogP contribution in [0.15, 0.2) is 47.4 Å². The second-order valence-electron chi connectivity index (χ2n) is 10.9. The zero-order chi connectivity index (χ0) is 29.7. The van der Waals surface area contributed by atoms with E-state index in [9.17, 15) is 27.9 Å². The summed E-state index contributed by atoms with van der Waals surface area (Å²) >= 11 is 0. The number of hydrogen-bond donors (Lipinski definition) is 5. The maximum atomic E-state index is 13.7. The molecule has 2 unspecified atom stereocenters. The molecule has 2 aliphatic rings. The highest BCUT2D eigenvalue weighted by Gasteiger charge is 2.39. The highest BCUT2D eigenvalue weighted by molar-refractivity contribution is 7.89. The van der Waals surface area contributed by atoms with Gasteiger partial charge in [-0.15, -0.1) is 0 Å². The number of nitrogens with one attached hydrogen (secondary N) is 3. The third-order valence-corrected chi connectivity index (χ3v) is 9.17. The molecule has 2 aromatic rings. The lowest BCUT2D eigenvalue weighted by Gasteiger charge is -2.35. The molecule has 13 heteroatoms. The quantitative estimate of drug-likeness (QED) is 0.171. The van der Waals surface area contributed by atoms with Crippen molar-refractivity contribution in [1.82, 2.24) is 19.8 Å². The Hall–Kier alpha value is -3.55. The molecule has 2 aromatic carbocycles. The molecular formula is C28H38N6O6S. The fraction of sp³-hybridized carbons (Fsp3) is 0.500. The Labute approximate surface area is 239 Å². The first-order chi connectivity index (χ1) is 19.5. The molecule has 222 valence electrons. The molecule has 1 aliphatic heterocycles. The monoisotopic (exact) mass is 586 g/mol. The SMILES string of the molecule is CN(CC1CCCNC1C(=N)N)C(=O)C[C@H](NS(=O)(=O)c1ccc2ccccc2c1)C(=O)N(CCC(=O)O)C1CC1. The van der Waals surface area contributed by atoms with E-state index in [1.165, 1.54) is 21.9 Å². The Morgan fingerprint density at radius 1 is 1.15 bits per heavy atom. The van der Waals surface area contributed by atoms with E-state index >= 15 is 0 Å². The predicted molar refractivity (Wildman–Crippen MR) is 154 cm³/mol. The summed E-state index contributed by atoms with van der Waals surface area (Å²) in [6.45, 7) is 0.920. The molecule has 1 saturated heterocycles. The second kappa shape index (κ2) is 13.0. The van der Waals surface area contributed by atoms with Gasteiger partial charge in [0.15, 0.2) is 0 Å². The Kier molecular flexibility index (Phi) is 9.61. The van der Waals surface area contributed by atoms with Gasteiger partial charge in [-0.1, -0.05) is 30.3 Å². The molecule has 1 heterocycles. The van der Waals surface area contributed by atoms with E-state index < -0.39 is 40.3 Å². The second-order valence-corrected chi connectivity index (χ2v) is 12.6. The zero-order valence-electron chi connectivity index (χ0n) is 23.1. The number of carboxylic acid groups (broad SMARTS) is 1. The maximum Gasteiger partial charge on any atom is 0.305 e. The third-order valence-electron chi connectivity index (χ3n) is 7.70. The first-order valence-corrected chi connectivity index (χ1v) is 15.3. The highest BCUT2D eigenvalue weighted by Crippen LogP contribution is 2.28. The summed E-state index contributed by atoms with van der Waals surface area (Å²) in [5.74, 6) is -2.26. The first-order valence-electron chi connectivity index (χ1n) is 13.8. The summed E-state index contributed by atoms with van der Waals surface area (Å²) < 4.78 is 29.5. The molecule has 3 atom stereocenters. The van der Waals surface area contributed by atoms with Crippen LogP contribution in [-0.4, -0.2) is 91.8 Å². The lowest BCUT2D eigenvalue weighted by Crippen LogP contribution is -2.54. The minimum Gasteiger partial charge on any atom is -0.481 e. The molecule has 6 N–H and O–H groups in total. The number of carboxylic acids is 1. The van der Waals surface area contributed by atoms with E-state index in [4.69, 9.17) is 11.1 Å². The summed E-state index contributed by atoms with van der Waals surface area (Å²) in [6, 6.07) is 9.92. The van der Waals surface area contributed by atoms with Crippen molar-refractivity contribution in [3.63, 3.8) is 0 Å². The average Bonchev–Trinajstić information content (AvgIpc) is 3.77. The number of carbonyl (C=O) groups excluding carboxylic acids is 2. The van der Waals surface area contributed by atoms with Crippen LogP contribution in [-0.2, 0) is 24.4 Å². The van der Waals surface area contributed by atoms with Crippen LogP contribution >= 0.6 is 0 Å². The van der Waals surface area contributed by atoms with Crippen molar-refractivity contribution in [3.8, 4) is 0 Å². The van der Waals surface area contributed by atoms with Crippen molar-refractivity contribution >= 4 is 44.4 Å². The lowest BCUT2D eigenvalue weighted by atomic mass is 9.89. The molecule has 1 saturated carbocycles. The van der Waals surface area contributed by atoms with Crippen LogP contribution in [0.2, 0.25) is 0 Å². The van der Waals surface area contributed by atoms with Crippen molar-refractivity contribution in [2.24, 2.45) is 11.7 Å². The number of rotatable bonds is 13. The van der Waals surface area contributed by atoms with Gasteiger partial charge in [0.05, 0.1) is 23.8 Å². The van der Waals surface area contributed by atoms with Gasteiger partial charge in [-0.05, 0) is 61.1 Å². The van der Waals surface area contributed by atoms with Crippen LogP contribution in [0.4, 0.5) is 0 Å². The van der Waals surface area contributed by atoms with Gasteiger partial charge in [-0.25, -0.2) is 8.42 Å². The average molecular weight is 587 g/mol. The molecule has 0 bridgehead atoms. The largest absolute Gasteiger partial charge is 0.481 e. The summed E-state index contributed by atoms with van der Waals surface area (Å²) in [5.41, 5.74) is 5.76. The van der Waals surface area contributed by atoms with Gasteiger partial charge in [0, 0.05) is 26.2 Å². The number of hydrogen-bond acceptors (Lipinski definition) is 7. The number of nitrogens with zero attached hydrogens (tertiary/aromatic N) is 2. The summed E-state index contributed by atoms with van der Waals surface area (Å²) in [5, 5.41) is 21.8. The van der Waals surface area contributed by atoms with Crippen molar-refractivity contribution < 1.29 is 27.9 Å². The number of piperidine rings is 1. The summed E-state index contributed by atoms with van der Waals surface area (Å²) in [4.78, 5) is 41.2. The van der Waals surface area contributed by atoms with Crippen LogP contribution in [0.5, 0.6) is 0 Å². The molecule has 1 aliphatic carbocycles. The minimum absolute atomic E-state index is 0.00902. The standard InChI is InChI=1S/C28H38N6O6S/c1-33(17-20-7-4-13-31-26(20)27(29)30)24(35)16-23(28(38)34(21-9-10-21)14-12-25(36)37)32-41(39,40)22-11-8-18-5-2-3-6-19(18)15-22/h2-3,5-6,8,11,15,20-21,23,26,31-32H,4,7,9-10,12-14,16-17H2,1H3,(H3,29,30)(H,36,37)/t20?,23-,26?/m0/s1. The van der Waals surface area contributed by atoms with Crippen LogP contribution in [0.25, 0.3) is 10.8 Å². The fourth-order valence-electron chi connectivity index (χ4n) is 5.34. The highest BCUT2D eigenvalue weighted by atomic mass is 32.2. The Bertz CT molecular complexity index is 1410. The molecule has 0 aromatic heterocycles. The minimum atomic E-state index is -4.22. The van der Waals surface area contributed by atoms with Gasteiger partial charge in [-0.2, -0.15) is 4.72 Å². The molecule has 4 rings (SSSR count). The number of fused-ring (bicyclic) bond motifs is 1. The lowest BCUT2D eigenvalue weighted by molar-refractivity contribution is -0.141. The molecular weight excluding hydrogens is 548 g/mol. The fourth-order valence-corrected chi connectivity index (χ4v) is 6.57. The van der Waals surface area contributed by atoms with E-state index in [-0.39, 0.29) is 48.2 Å². The van der Waals surface area contributed by atoms with E-state index in [1.54, 1.807) is 25.2 Å². The molecule has 12 nitrogen and oxygen atoms in total. The zero-order valence-corrected chi connectivity index (χ0v) is 23.9. The number of sulfonamides is 1. The van der Waals surface area contributed by atoms with Gasteiger partial charge >= 0.3 is 5.97 Å². The summed E-state index contributed by atoms with van der Waals surface area (Å²) in [6.07, 6.45) is 2.26. The van der Waals surface area contributed by atoms with Crippen molar-refractivity contribution in [3.05, 3.63) is 42.5 Å². The number of amides is 2. The molecule has 41 heavy (non-hydrogen) atoms. The number of amidine groups is 1. The van der Waals surface area contributed by atoms with Crippen LogP contribution in [0.1, 0.15) is 38.5 Å². The number of benzene rings is 2. The predicted octanol–water partition coefficient (Wildman–Crippen LogP) is 1.11. The molecule has 0 spiro atoms. The first kappa shape index (κ1) is 30.4. The normalized spacial score (nSPS) is 19.8. The summed E-state index contributed by atoms with van der Waals surface area (Å²) in [7, 11) is -2.64. The molecule has 0 radical (unpaired) electrons. The topological polar surface area (TPSA) is 186 Å². The van der Waals surface area contributed by atoms with Crippen LogP contribution < -0.4 is 15.8 Å². The smallest absolute Gasteiger partial charge is 0.305 e. The maximum absolute atomic E-state index is 13.7. The van der Waals surface area contributed by atoms with Gasteiger partial charge in [0.1, 0.15) is 11.9 Å².